The maximum atomic E-state index is 15.6. The van der Waals surface area contributed by atoms with Crippen molar-refractivity contribution < 1.29 is 34.6 Å². The molecule has 1 atom stereocenters. The molecule has 1 aliphatic heterocycles. The van der Waals surface area contributed by atoms with Crippen LogP contribution in [0.15, 0.2) is 48.0 Å². The molecule has 2 aliphatic rings. The molecule has 39 heavy (non-hydrogen) atoms. The van der Waals surface area contributed by atoms with Crippen molar-refractivity contribution in [3.63, 3.8) is 0 Å². The van der Waals surface area contributed by atoms with E-state index in [1.807, 2.05) is 4.72 Å². The number of methoxy groups -OCH3 is 1. The van der Waals surface area contributed by atoms with Gasteiger partial charge in [0, 0.05) is 20.7 Å². The van der Waals surface area contributed by atoms with E-state index in [-0.39, 0.29) is 22.4 Å². The van der Waals surface area contributed by atoms with Crippen LogP contribution in [0.2, 0.25) is 0 Å². The molecule has 2 aromatic carbocycles. The largest absolute Gasteiger partial charge is 0.497 e. The quantitative estimate of drug-likeness (QED) is 0.290. The average molecular weight is 561 g/mol. The minimum Gasteiger partial charge on any atom is -0.497 e. The molecule has 2 amide bonds. The lowest BCUT2D eigenvalue weighted by Crippen LogP contribution is -2.51. The summed E-state index contributed by atoms with van der Waals surface area (Å²) in [5.41, 5.74) is -3.08. The number of carbonyl (C=O) groups excluding carboxylic acids is 2. The molecule has 0 unspecified atom stereocenters. The molecule has 0 spiro atoms. The van der Waals surface area contributed by atoms with Crippen molar-refractivity contribution in [1.82, 2.24) is 10.0 Å². The summed E-state index contributed by atoms with van der Waals surface area (Å²) >= 11 is 0. The third-order valence-electron chi connectivity index (χ3n) is 6.77. The fourth-order valence-electron chi connectivity index (χ4n) is 4.42. The minimum atomic E-state index is -4.05. The van der Waals surface area contributed by atoms with Gasteiger partial charge in [-0.3, -0.25) is 9.59 Å². The van der Waals surface area contributed by atoms with Crippen LogP contribution in [0.4, 0.5) is 4.39 Å². The number of hydrogen-bond acceptors (Lipinski definition) is 6. The Hall–Kier alpha value is -3.40. The smallest absolute Gasteiger partial charge is 0.270 e. The van der Waals surface area contributed by atoms with Crippen molar-refractivity contribution in [3.8, 4) is 11.5 Å². The number of nitrogens with one attached hydrogen (secondary N) is 2. The molecule has 1 fully saturated rings. The topological polar surface area (TPSA) is 111 Å². The summed E-state index contributed by atoms with van der Waals surface area (Å²) in [6, 6.07) is 9.96. The maximum absolute atomic E-state index is 15.6. The number of ether oxygens (including phenoxy) is 2. The molecule has 2 N–H and O–H groups in total. The Morgan fingerprint density at radius 1 is 1.15 bits per heavy atom. The number of hydrogen-bond donors (Lipinski definition) is 2. The molecule has 210 valence electrons. The highest BCUT2D eigenvalue weighted by molar-refractivity contribution is 7.91. The van der Waals surface area contributed by atoms with E-state index < -0.39 is 50.4 Å². The van der Waals surface area contributed by atoms with Gasteiger partial charge in [-0.15, -0.1) is 0 Å². The van der Waals surface area contributed by atoms with Gasteiger partial charge in [0.15, 0.2) is 0 Å². The standard InChI is InChI=1S/C29H35FN2O6S/c1-4-5-6-7-16-38-21-12-15-24(25(30)17-21)29(2)18-23(19-8-10-20(37-3)11-9-19)26(27(33)31-29)28(34)32-39(35,36)22-13-14-22/h8-12,15,17,22H,4-7,13-14,16,18H2,1-3H3,(H,31,33)(H,32,34)/t29-/m0/s1/i18D2. The molecular weight excluding hydrogens is 523 g/mol. The van der Waals surface area contributed by atoms with Gasteiger partial charge in [0.25, 0.3) is 11.8 Å². The number of halogens is 1. The Bertz CT molecular complexity index is 1460. The molecule has 1 saturated carbocycles. The Balaban J connectivity index is 1.77. The van der Waals surface area contributed by atoms with Gasteiger partial charge in [0.2, 0.25) is 10.0 Å². The van der Waals surface area contributed by atoms with Crippen LogP contribution >= 0.6 is 0 Å². The summed E-state index contributed by atoms with van der Waals surface area (Å²) < 4.78 is 71.9. The highest BCUT2D eigenvalue weighted by Gasteiger charge is 2.43. The summed E-state index contributed by atoms with van der Waals surface area (Å²) in [5.74, 6) is -2.38. The summed E-state index contributed by atoms with van der Waals surface area (Å²) in [4.78, 5) is 26.8. The van der Waals surface area contributed by atoms with Crippen LogP contribution < -0.4 is 19.5 Å². The second-order valence-corrected chi connectivity index (χ2v) is 11.9. The van der Waals surface area contributed by atoms with Crippen LogP contribution in [0.25, 0.3) is 5.57 Å². The van der Waals surface area contributed by atoms with E-state index in [4.69, 9.17) is 9.47 Å². The monoisotopic (exact) mass is 560 g/mol. The summed E-state index contributed by atoms with van der Waals surface area (Å²) in [5, 5.41) is 1.73. The first-order valence-corrected chi connectivity index (χ1v) is 14.6. The molecule has 2 aromatic rings. The van der Waals surface area contributed by atoms with Crippen LogP contribution in [0.5, 0.6) is 11.5 Å². The van der Waals surface area contributed by atoms with Gasteiger partial charge in [0.1, 0.15) is 22.9 Å². The first-order chi connectivity index (χ1) is 19.4. The Morgan fingerprint density at radius 3 is 2.46 bits per heavy atom. The minimum absolute atomic E-state index is 0.137. The second kappa shape index (κ2) is 11.8. The fraction of sp³-hybridized carbons (Fsp3) is 0.448. The van der Waals surface area contributed by atoms with Gasteiger partial charge >= 0.3 is 0 Å². The zero-order valence-electron chi connectivity index (χ0n) is 24.3. The molecular formula is C29H35FN2O6S. The Morgan fingerprint density at radius 2 is 1.85 bits per heavy atom. The van der Waals surface area contributed by atoms with E-state index in [0.29, 0.717) is 25.2 Å². The van der Waals surface area contributed by atoms with Crippen molar-refractivity contribution in [2.45, 2.75) is 69.5 Å². The van der Waals surface area contributed by atoms with Gasteiger partial charge in [-0.25, -0.2) is 17.5 Å². The van der Waals surface area contributed by atoms with E-state index in [0.717, 1.165) is 31.7 Å². The molecule has 4 rings (SSSR count). The van der Waals surface area contributed by atoms with Crippen molar-refractivity contribution >= 4 is 27.4 Å². The molecule has 0 bridgehead atoms. The van der Waals surface area contributed by atoms with Gasteiger partial charge in [0.05, 0.1) is 24.5 Å². The first-order valence-electron chi connectivity index (χ1n) is 14.1. The van der Waals surface area contributed by atoms with Crippen molar-refractivity contribution in [3.05, 3.63) is 65.0 Å². The van der Waals surface area contributed by atoms with Gasteiger partial charge < -0.3 is 14.8 Å². The molecule has 1 heterocycles. The number of rotatable bonds is 12. The lowest BCUT2D eigenvalue weighted by Gasteiger charge is -2.37. The molecule has 1 aliphatic carbocycles. The molecule has 0 radical (unpaired) electrons. The SMILES string of the molecule is [2H]C1([2H])C(c2ccc(OC)cc2)=C(C(=O)NS(=O)(=O)C2CC2)C(=O)N[C@]1(C)c1ccc(OCCCCCC)cc1F. The maximum Gasteiger partial charge on any atom is 0.270 e. The third kappa shape index (κ3) is 6.61. The number of benzene rings is 2. The van der Waals surface area contributed by atoms with Crippen molar-refractivity contribution in [2.24, 2.45) is 0 Å². The molecule has 10 heteroatoms. The van der Waals surface area contributed by atoms with Crippen molar-refractivity contribution in [2.75, 3.05) is 13.7 Å². The second-order valence-electron chi connectivity index (χ2n) is 9.91. The van der Waals surface area contributed by atoms with Crippen LogP contribution in [0.1, 0.15) is 72.6 Å². The number of unbranched alkanes of at least 4 members (excludes halogenated alkanes) is 3. The normalized spacial score (nSPS) is 21.5. The third-order valence-corrected chi connectivity index (χ3v) is 8.58. The lowest BCUT2D eigenvalue weighted by atomic mass is 9.78. The first kappa shape index (κ1) is 25.9. The Labute approximate surface area is 231 Å². The van der Waals surface area contributed by atoms with Crippen LogP contribution in [-0.2, 0) is 25.2 Å². The van der Waals surface area contributed by atoms with E-state index in [1.54, 1.807) is 0 Å². The summed E-state index contributed by atoms with van der Waals surface area (Å²) in [6.45, 7) is 3.83. The average Bonchev–Trinajstić information content (AvgIpc) is 3.77. The van der Waals surface area contributed by atoms with E-state index in [1.165, 1.54) is 50.4 Å². The predicted octanol–water partition coefficient (Wildman–Crippen LogP) is 4.59. The molecule has 8 nitrogen and oxygen atoms in total. The summed E-state index contributed by atoms with van der Waals surface area (Å²) in [7, 11) is -2.60. The zero-order chi connectivity index (χ0) is 30.0. The van der Waals surface area contributed by atoms with Gasteiger partial charge in [-0.1, -0.05) is 44.4 Å². The summed E-state index contributed by atoms with van der Waals surface area (Å²) in [6.07, 6.45) is 2.12. The molecule has 0 aromatic heterocycles. The highest BCUT2D eigenvalue weighted by atomic mass is 32.2. The van der Waals surface area contributed by atoms with Gasteiger partial charge in [-0.05, 0) is 55.5 Å². The Kier molecular flexibility index (Phi) is 7.81. The highest BCUT2D eigenvalue weighted by Crippen LogP contribution is 2.40. The fourth-order valence-corrected chi connectivity index (χ4v) is 5.71. The van der Waals surface area contributed by atoms with Crippen LogP contribution in [-0.4, -0.2) is 39.2 Å². The van der Waals surface area contributed by atoms with Gasteiger partial charge in [-0.2, -0.15) is 0 Å². The zero-order valence-corrected chi connectivity index (χ0v) is 23.1. The van der Waals surface area contributed by atoms with Crippen LogP contribution in [0.3, 0.4) is 0 Å². The number of carbonyl (C=O) groups is 2. The number of sulfonamides is 1. The predicted molar refractivity (Wildman–Crippen MR) is 146 cm³/mol. The van der Waals surface area contributed by atoms with E-state index in [2.05, 4.69) is 12.2 Å². The van der Waals surface area contributed by atoms with E-state index >= 15 is 4.39 Å². The number of amides is 2. The van der Waals surface area contributed by atoms with Crippen LogP contribution in [0, 0.1) is 5.82 Å². The molecule has 0 saturated heterocycles. The van der Waals surface area contributed by atoms with Crippen molar-refractivity contribution in [1.29, 1.82) is 0 Å². The lowest BCUT2D eigenvalue weighted by molar-refractivity contribution is -0.124. The van der Waals surface area contributed by atoms with E-state index in [9.17, 15) is 20.7 Å².